The summed E-state index contributed by atoms with van der Waals surface area (Å²) in [5, 5.41) is 0. The van der Waals surface area contributed by atoms with E-state index < -0.39 is 0 Å². The highest BCUT2D eigenvalue weighted by atomic mass is 15.2. The maximum absolute atomic E-state index is 6.22. The highest BCUT2D eigenvalue weighted by molar-refractivity contribution is 5.34. The highest BCUT2D eigenvalue weighted by Crippen LogP contribution is 2.38. The Kier molecular flexibility index (Phi) is 2.30. The lowest BCUT2D eigenvalue weighted by atomic mass is 9.86. The van der Waals surface area contributed by atoms with Crippen LogP contribution < -0.4 is 5.73 Å². The van der Waals surface area contributed by atoms with Crippen molar-refractivity contribution in [2.24, 2.45) is 5.73 Å². The fraction of sp³-hybridized carbons (Fsp3) is 0.571. The Morgan fingerprint density at radius 1 is 1.31 bits per heavy atom. The van der Waals surface area contributed by atoms with E-state index in [4.69, 9.17) is 5.73 Å². The molecule has 1 aromatic rings. The first-order valence-corrected chi connectivity index (χ1v) is 6.22. The Balaban J connectivity index is 1.80. The molecule has 2 N–H and O–H groups in total. The third-order valence-electron chi connectivity index (χ3n) is 3.99. The van der Waals surface area contributed by atoms with Crippen molar-refractivity contribution in [3.05, 3.63) is 35.4 Å². The van der Waals surface area contributed by atoms with E-state index >= 15 is 0 Å². The molecule has 0 aromatic heterocycles. The standard InChI is InChI=1S/C14H20N2/c1-16-9-12(10-16)13-5-3-2-4-11(13)8-14(15)6-7-14/h2-5,12H,6-10,15H2,1H3. The number of likely N-dealkylation sites (N-methyl/N-ethyl adjacent to an activating group) is 1. The first kappa shape index (κ1) is 10.3. The van der Waals surface area contributed by atoms with E-state index in [0.29, 0.717) is 0 Å². The Morgan fingerprint density at radius 2 is 2.00 bits per heavy atom. The zero-order valence-electron chi connectivity index (χ0n) is 9.95. The first-order chi connectivity index (χ1) is 7.66. The molecule has 0 bridgehead atoms. The van der Waals surface area contributed by atoms with Gasteiger partial charge in [-0.05, 0) is 37.4 Å². The summed E-state index contributed by atoms with van der Waals surface area (Å²) < 4.78 is 0. The second kappa shape index (κ2) is 3.57. The fourth-order valence-electron chi connectivity index (χ4n) is 2.71. The van der Waals surface area contributed by atoms with Crippen molar-refractivity contribution < 1.29 is 0 Å². The molecule has 1 aliphatic carbocycles. The normalized spacial score (nSPS) is 24.1. The maximum atomic E-state index is 6.22. The Hall–Kier alpha value is -0.860. The van der Waals surface area contributed by atoms with Crippen molar-refractivity contribution >= 4 is 0 Å². The molecule has 3 rings (SSSR count). The van der Waals surface area contributed by atoms with Crippen molar-refractivity contribution in [2.45, 2.75) is 30.7 Å². The summed E-state index contributed by atoms with van der Waals surface area (Å²) in [7, 11) is 2.18. The van der Waals surface area contributed by atoms with Crippen LogP contribution in [0.1, 0.15) is 29.9 Å². The van der Waals surface area contributed by atoms with Crippen LogP contribution in [0.5, 0.6) is 0 Å². The van der Waals surface area contributed by atoms with Crippen LogP contribution in [-0.4, -0.2) is 30.6 Å². The lowest BCUT2D eigenvalue weighted by Gasteiger charge is -2.37. The molecule has 86 valence electrons. The summed E-state index contributed by atoms with van der Waals surface area (Å²) in [6, 6.07) is 8.86. The van der Waals surface area contributed by atoms with Crippen LogP contribution in [0.15, 0.2) is 24.3 Å². The second-order valence-corrected chi connectivity index (χ2v) is 5.66. The molecule has 2 heteroatoms. The molecule has 1 saturated carbocycles. The lowest BCUT2D eigenvalue weighted by molar-refractivity contribution is 0.189. The van der Waals surface area contributed by atoms with Gasteiger partial charge in [-0.3, -0.25) is 0 Å². The van der Waals surface area contributed by atoms with E-state index in [1.807, 2.05) is 0 Å². The summed E-state index contributed by atoms with van der Waals surface area (Å²) in [5.41, 5.74) is 9.38. The topological polar surface area (TPSA) is 29.3 Å². The van der Waals surface area contributed by atoms with Gasteiger partial charge in [0.2, 0.25) is 0 Å². The third kappa shape index (κ3) is 1.87. The van der Waals surface area contributed by atoms with Crippen molar-refractivity contribution in [3.63, 3.8) is 0 Å². The number of hydrogen-bond acceptors (Lipinski definition) is 2. The summed E-state index contributed by atoms with van der Waals surface area (Å²) in [6.07, 6.45) is 3.47. The monoisotopic (exact) mass is 216 g/mol. The van der Waals surface area contributed by atoms with Gasteiger partial charge in [0.1, 0.15) is 0 Å². The second-order valence-electron chi connectivity index (χ2n) is 5.66. The van der Waals surface area contributed by atoms with Crippen molar-refractivity contribution in [2.75, 3.05) is 20.1 Å². The van der Waals surface area contributed by atoms with Gasteiger partial charge in [0, 0.05) is 24.5 Å². The van der Waals surface area contributed by atoms with Gasteiger partial charge in [-0.2, -0.15) is 0 Å². The van der Waals surface area contributed by atoms with Crippen molar-refractivity contribution in [3.8, 4) is 0 Å². The van der Waals surface area contributed by atoms with Crippen molar-refractivity contribution in [1.82, 2.24) is 4.90 Å². The number of hydrogen-bond donors (Lipinski definition) is 1. The predicted octanol–water partition coefficient (Wildman–Crippen LogP) is 1.75. The molecule has 1 saturated heterocycles. The van der Waals surface area contributed by atoms with E-state index in [0.717, 1.165) is 12.3 Å². The minimum atomic E-state index is 0.131. The molecule has 2 aliphatic rings. The smallest absolute Gasteiger partial charge is 0.0196 e. The number of likely N-dealkylation sites (tertiary alicyclic amines) is 1. The lowest BCUT2D eigenvalue weighted by Crippen LogP contribution is -2.42. The molecule has 1 aliphatic heterocycles. The van der Waals surface area contributed by atoms with E-state index in [1.54, 1.807) is 0 Å². The Labute approximate surface area is 97.4 Å². The van der Waals surface area contributed by atoms with Gasteiger partial charge in [-0.15, -0.1) is 0 Å². The fourth-order valence-corrected chi connectivity index (χ4v) is 2.71. The minimum absolute atomic E-state index is 0.131. The molecule has 16 heavy (non-hydrogen) atoms. The number of benzene rings is 1. The number of nitrogens with two attached hydrogens (primary N) is 1. The van der Waals surface area contributed by atoms with E-state index in [1.165, 1.54) is 37.1 Å². The summed E-state index contributed by atoms with van der Waals surface area (Å²) in [6.45, 7) is 2.41. The largest absolute Gasteiger partial charge is 0.325 e. The Morgan fingerprint density at radius 3 is 2.62 bits per heavy atom. The van der Waals surface area contributed by atoms with Crippen LogP contribution in [0.3, 0.4) is 0 Å². The minimum Gasteiger partial charge on any atom is -0.325 e. The van der Waals surface area contributed by atoms with Crippen LogP contribution in [0, 0.1) is 0 Å². The quantitative estimate of drug-likeness (QED) is 0.834. The molecule has 0 amide bonds. The average molecular weight is 216 g/mol. The molecule has 0 atom stereocenters. The molecule has 0 unspecified atom stereocenters. The average Bonchev–Trinajstić information content (AvgIpc) is 2.93. The molecule has 1 heterocycles. The van der Waals surface area contributed by atoms with Crippen LogP contribution >= 0.6 is 0 Å². The van der Waals surface area contributed by atoms with Gasteiger partial charge in [-0.1, -0.05) is 24.3 Å². The van der Waals surface area contributed by atoms with Crippen LogP contribution in [-0.2, 0) is 6.42 Å². The van der Waals surface area contributed by atoms with Gasteiger partial charge in [0.15, 0.2) is 0 Å². The summed E-state index contributed by atoms with van der Waals surface area (Å²) >= 11 is 0. The van der Waals surface area contributed by atoms with E-state index in [2.05, 4.69) is 36.2 Å². The summed E-state index contributed by atoms with van der Waals surface area (Å²) in [5.74, 6) is 0.739. The van der Waals surface area contributed by atoms with Crippen LogP contribution in [0.4, 0.5) is 0 Å². The summed E-state index contributed by atoms with van der Waals surface area (Å²) in [4.78, 5) is 2.37. The zero-order valence-corrected chi connectivity index (χ0v) is 9.95. The van der Waals surface area contributed by atoms with E-state index in [9.17, 15) is 0 Å². The van der Waals surface area contributed by atoms with Gasteiger partial charge < -0.3 is 10.6 Å². The number of rotatable bonds is 3. The van der Waals surface area contributed by atoms with Crippen molar-refractivity contribution in [1.29, 1.82) is 0 Å². The zero-order chi connectivity index (χ0) is 11.2. The molecular weight excluding hydrogens is 196 g/mol. The maximum Gasteiger partial charge on any atom is 0.0196 e. The molecular formula is C14H20N2. The van der Waals surface area contributed by atoms with Crippen LogP contribution in [0.2, 0.25) is 0 Å². The molecule has 1 aromatic carbocycles. The highest BCUT2D eigenvalue weighted by Gasteiger charge is 2.39. The Bertz CT molecular complexity index is 389. The molecule has 0 spiro atoms. The molecule has 2 fully saturated rings. The molecule has 0 radical (unpaired) electrons. The van der Waals surface area contributed by atoms with Gasteiger partial charge in [0.05, 0.1) is 0 Å². The van der Waals surface area contributed by atoms with Gasteiger partial charge >= 0.3 is 0 Å². The van der Waals surface area contributed by atoms with Crippen LogP contribution in [0.25, 0.3) is 0 Å². The SMILES string of the molecule is CN1CC(c2ccccc2CC2(N)CC2)C1. The molecule has 2 nitrogen and oxygen atoms in total. The number of nitrogens with zero attached hydrogens (tertiary/aromatic N) is 1. The third-order valence-corrected chi connectivity index (χ3v) is 3.99. The van der Waals surface area contributed by atoms with Gasteiger partial charge in [0.25, 0.3) is 0 Å². The van der Waals surface area contributed by atoms with E-state index in [-0.39, 0.29) is 5.54 Å². The predicted molar refractivity (Wildman–Crippen MR) is 66.5 cm³/mol. The van der Waals surface area contributed by atoms with Gasteiger partial charge in [-0.25, -0.2) is 0 Å². The first-order valence-electron chi connectivity index (χ1n) is 6.22.